The number of aliphatic hydroxyl groups excluding tert-OH is 1. The second-order valence-corrected chi connectivity index (χ2v) is 5.88. The molecule has 6 heteroatoms. The second kappa shape index (κ2) is 6.66. The first-order valence-electron chi connectivity index (χ1n) is 7.30. The Labute approximate surface area is 138 Å². The van der Waals surface area contributed by atoms with Gasteiger partial charge >= 0.3 is 0 Å². The normalized spacial score (nSPS) is 12.7. The van der Waals surface area contributed by atoms with E-state index in [9.17, 15) is 9.50 Å². The summed E-state index contributed by atoms with van der Waals surface area (Å²) < 4.78 is 15.6. The lowest BCUT2D eigenvalue weighted by molar-refractivity contribution is 0.243. The van der Waals surface area contributed by atoms with Gasteiger partial charge in [-0.2, -0.15) is 0 Å². The molecular formula is C17H17ClFN3O. The van der Waals surface area contributed by atoms with Crippen molar-refractivity contribution in [2.24, 2.45) is 0 Å². The lowest BCUT2D eigenvalue weighted by Crippen LogP contribution is -2.24. The van der Waals surface area contributed by atoms with Crippen LogP contribution in [0.1, 0.15) is 22.9 Å². The van der Waals surface area contributed by atoms with Crippen LogP contribution in [0.15, 0.2) is 42.7 Å². The van der Waals surface area contributed by atoms with E-state index in [0.29, 0.717) is 12.1 Å². The van der Waals surface area contributed by atoms with Crippen LogP contribution in [0.5, 0.6) is 0 Å². The molecule has 0 bridgehead atoms. The van der Waals surface area contributed by atoms with Gasteiger partial charge in [0, 0.05) is 12.7 Å². The van der Waals surface area contributed by atoms with Crippen molar-refractivity contribution in [3.63, 3.8) is 0 Å². The van der Waals surface area contributed by atoms with Crippen molar-refractivity contribution >= 4 is 17.2 Å². The van der Waals surface area contributed by atoms with Crippen LogP contribution in [0.4, 0.5) is 4.39 Å². The Kier molecular flexibility index (Phi) is 4.61. The zero-order valence-electron chi connectivity index (χ0n) is 12.6. The third kappa shape index (κ3) is 3.37. The first-order chi connectivity index (χ1) is 11.1. The number of hydrogen-bond acceptors (Lipinski definition) is 3. The van der Waals surface area contributed by atoms with Gasteiger partial charge in [0.15, 0.2) is 0 Å². The summed E-state index contributed by atoms with van der Waals surface area (Å²) in [5.74, 6) is -0.491. The number of rotatable bonds is 5. The van der Waals surface area contributed by atoms with Crippen molar-refractivity contribution in [3.05, 3.63) is 70.4 Å². The van der Waals surface area contributed by atoms with Crippen molar-refractivity contribution in [2.75, 3.05) is 6.61 Å². The predicted molar refractivity (Wildman–Crippen MR) is 88.0 cm³/mol. The van der Waals surface area contributed by atoms with E-state index in [1.54, 1.807) is 12.3 Å². The fourth-order valence-electron chi connectivity index (χ4n) is 2.51. The minimum Gasteiger partial charge on any atom is -0.394 e. The van der Waals surface area contributed by atoms with Gasteiger partial charge in [-0.1, -0.05) is 23.7 Å². The number of hydrogen-bond donors (Lipinski definition) is 2. The number of aliphatic hydroxyl groups is 1. The van der Waals surface area contributed by atoms with Gasteiger partial charge in [0.2, 0.25) is 0 Å². The highest BCUT2D eigenvalue weighted by Crippen LogP contribution is 2.20. The summed E-state index contributed by atoms with van der Waals surface area (Å²) in [5, 5.41) is 12.9. The van der Waals surface area contributed by atoms with Gasteiger partial charge in [-0.25, -0.2) is 9.37 Å². The van der Waals surface area contributed by atoms with Gasteiger partial charge in [-0.15, -0.1) is 0 Å². The Morgan fingerprint density at radius 3 is 2.91 bits per heavy atom. The summed E-state index contributed by atoms with van der Waals surface area (Å²) in [7, 11) is 0. The average molecular weight is 334 g/mol. The number of aromatic nitrogens is 2. The van der Waals surface area contributed by atoms with Crippen molar-refractivity contribution < 1.29 is 9.50 Å². The van der Waals surface area contributed by atoms with Crippen molar-refractivity contribution in [1.29, 1.82) is 0 Å². The molecule has 0 saturated carbocycles. The SMILES string of the molecule is Cc1ccc2ncc(CNC(CO)c3ccc(Cl)c(F)c3)n2c1. The summed E-state index contributed by atoms with van der Waals surface area (Å²) in [6, 6.07) is 8.13. The molecule has 2 heterocycles. The van der Waals surface area contributed by atoms with E-state index in [-0.39, 0.29) is 17.7 Å². The van der Waals surface area contributed by atoms with E-state index in [0.717, 1.165) is 16.9 Å². The molecule has 120 valence electrons. The lowest BCUT2D eigenvalue weighted by Gasteiger charge is -2.17. The maximum absolute atomic E-state index is 13.6. The van der Waals surface area contributed by atoms with Crippen LogP contribution in [0.25, 0.3) is 5.65 Å². The van der Waals surface area contributed by atoms with Gasteiger partial charge in [0.25, 0.3) is 0 Å². The molecule has 2 aromatic heterocycles. The summed E-state index contributed by atoms with van der Waals surface area (Å²) in [4.78, 5) is 4.35. The van der Waals surface area contributed by atoms with Crippen LogP contribution in [0.3, 0.4) is 0 Å². The first kappa shape index (κ1) is 15.9. The maximum Gasteiger partial charge on any atom is 0.142 e. The number of pyridine rings is 1. The minimum absolute atomic E-state index is 0.0719. The third-order valence-electron chi connectivity index (χ3n) is 3.79. The summed E-state index contributed by atoms with van der Waals surface area (Å²) >= 11 is 5.70. The number of nitrogens with one attached hydrogen (secondary N) is 1. The van der Waals surface area contributed by atoms with Crippen LogP contribution in [0.2, 0.25) is 5.02 Å². The zero-order chi connectivity index (χ0) is 16.4. The topological polar surface area (TPSA) is 49.6 Å². The molecule has 1 unspecified atom stereocenters. The molecule has 0 aliphatic heterocycles. The monoisotopic (exact) mass is 333 g/mol. The highest BCUT2D eigenvalue weighted by molar-refractivity contribution is 6.30. The minimum atomic E-state index is -0.491. The van der Waals surface area contributed by atoms with E-state index in [1.165, 1.54) is 12.1 Å². The average Bonchev–Trinajstić information content (AvgIpc) is 2.93. The van der Waals surface area contributed by atoms with Gasteiger partial charge < -0.3 is 14.8 Å². The molecular weight excluding hydrogens is 317 g/mol. The molecule has 1 atom stereocenters. The van der Waals surface area contributed by atoms with E-state index in [1.807, 2.05) is 29.7 Å². The summed E-state index contributed by atoms with van der Waals surface area (Å²) in [6.07, 6.45) is 3.80. The van der Waals surface area contributed by atoms with Crippen LogP contribution < -0.4 is 5.32 Å². The molecule has 3 aromatic rings. The van der Waals surface area contributed by atoms with Crippen molar-refractivity contribution in [3.8, 4) is 0 Å². The van der Waals surface area contributed by atoms with Gasteiger partial charge in [0.05, 0.1) is 29.6 Å². The van der Waals surface area contributed by atoms with Crippen LogP contribution in [-0.4, -0.2) is 21.1 Å². The lowest BCUT2D eigenvalue weighted by atomic mass is 10.1. The quantitative estimate of drug-likeness (QED) is 0.753. The standard InChI is InChI=1S/C17H17ClFN3O/c1-11-2-5-17-21-8-13(22(17)9-11)7-20-16(10-23)12-3-4-14(18)15(19)6-12/h2-6,8-9,16,20,23H,7,10H2,1H3. The number of nitrogens with zero attached hydrogens (tertiary/aromatic N) is 2. The van der Waals surface area contributed by atoms with E-state index in [4.69, 9.17) is 11.6 Å². The second-order valence-electron chi connectivity index (χ2n) is 5.47. The van der Waals surface area contributed by atoms with Gasteiger partial charge in [0.1, 0.15) is 11.5 Å². The number of benzene rings is 1. The van der Waals surface area contributed by atoms with E-state index >= 15 is 0 Å². The maximum atomic E-state index is 13.6. The van der Waals surface area contributed by atoms with E-state index < -0.39 is 5.82 Å². The Bertz CT molecular complexity index is 834. The molecule has 0 amide bonds. The molecule has 0 aliphatic rings. The largest absolute Gasteiger partial charge is 0.394 e. The van der Waals surface area contributed by atoms with Crippen molar-refractivity contribution in [1.82, 2.24) is 14.7 Å². The van der Waals surface area contributed by atoms with Crippen LogP contribution in [0, 0.1) is 12.7 Å². The molecule has 4 nitrogen and oxygen atoms in total. The summed E-state index contributed by atoms with van der Waals surface area (Å²) in [6.45, 7) is 2.38. The fraction of sp³-hybridized carbons (Fsp3) is 0.235. The molecule has 0 fully saturated rings. The molecule has 23 heavy (non-hydrogen) atoms. The highest BCUT2D eigenvalue weighted by Gasteiger charge is 2.13. The number of imidazole rings is 1. The predicted octanol–water partition coefficient (Wildman–Crippen LogP) is 3.26. The molecule has 0 aliphatic carbocycles. The highest BCUT2D eigenvalue weighted by atomic mass is 35.5. The van der Waals surface area contributed by atoms with Gasteiger partial charge in [-0.05, 0) is 36.2 Å². The molecule has 0 radical (unpaired) electrons. The Morgan fingerprint density at radius 2 is 2.17 bits per heavy atom. The molecule has 3 rings (SSSR count). The number of aryl methyl sites for hydroxylation is 1. The Balaban J connectivity index is 1.79. The summed E-state index contributed by atoms with van der Waals surface area (Å²) in [5.41, 5.74) is 3.62. The van der Waals surface area contributed by atoms with Gasteiger partial charge in [-0.3, -0.25) is 0 Å². The first-order valence-corrected chi connectivity index (χ1v) is 7.68. The van der Waals surface area contributed by atoms with Crippen LogP contribution >= 0.6 is 11.6 Å². The third-order valence-corrected chi connectivity index (χ3v) is 4.09. The van der Waals surface area contributed by atoms with E-state index in [2.05, 4.69) is 10.3 Å². The Hall–Kier alpha value is -1.95. The number of halogens is 2. The molecule has 2 N–H and O–H groups in total. The molecule has 0 spiro atoms. The molecule has 1 aromatic carbocycles. The zero-order valence-corrected chi connectivity index (χ0v) is 13.4. The number of fused-ring (bicyclic) bond motifs is 1. The molecule has 0 saturated heterocycles. The Morgan fingerprint density at radius 1 is 1.35 bits per heavy atom. The smallest absolute Gasteiger partial charge is 0.142 e. The van der Waals surface area contributed by atoms with Crippen molar-refractivity contribution in [2.45, 2.75) is 19.5 Å². The van der Waals surface area contributed by atoms with Crippen LogP contribution in [-0.2, 0) is 6.54 Å². The fourth-order valence-corrected chi connectivity index (χ4v) is 2.63.